The smallest absolute Gasteiger partial charge is 0.270 e. The van der Waals surface area contributed by atoms with E-state index in [1.807, 2.05) is 6.07 Å². The molecule has 1 fully saturated rings. The van der Waals surface area contributed by atoms with Crippen LogP contribution in [0.5, 0.6) is 0 Å². The Morgan fingerprint density at radius 3 is 3.14 bits per heavy atom. The highest BCUT2D eigenvalue weighted by Gasteiger charge is 2.23. The van der Waals surface area contributed by atoms with Crippen LogP contribution in [-0.2, 0) is 0 Å². The van der Waals surface area contributed by atoms with Gasteiger partial charge in [-0.15, -0.1) is 0 Å². The van der Waals surface area contributed by atoms with Crippen molar-refractivity contribution in [3.8, 4) is 0 Å². The molecule has 0 aliphatic carbocycles. The third-order valence-corrected chi connectivity index (χ3v) is 4.52. The molecular formula is C14H19BrN6O. The molecule has 2 N–H and O–H groups in total. The number of aromatic amines is 1. The third kappa shape index (κ3) is 3.13. The Balaban J connectivity index is 1.69. The predicted molar refractivity (Wildman–Crippen MR) is 87.8 cm³/mol. The summed E-state index contributed by atoms with van der Waals surface area (Å²) in [7, 11) is 4.20. The molecule has 1 amide bonds. The summed E-state index contributed by atoms with van der Waals surface area (Å²) in [5.41, 5.74) is 0.999. The standard InChI is InChI=1S/C14H19BrN6O/c1-20-3-4-21(2)10(8-20)7-17-14(22)12-11-5-9(15)6-16-13(11)19-18-12/h5-6,10H,3-4,7-8H2,1-2H3,(H,17,22)(H,16,18,19). The minimum atomic E-state index is -0.149. The van der Waals surface area contributed by atoms with Crippen LogP contribution < -0.4 is 5.32 Å². The highest BCUT2D eigenvalue weighted by Crippen LogP contribution is 2.18. The molecule has 118 valence electrons. The number of hydrogen-bond donors (Lipinski definition) is 2. The van der Waals surface area contributed by atoms with Gasteiger partial charge in [0.2, 0.25) is 0 Å². The maximum atomic E-state index is 12.4. The Labute approximate surface area is 137 Å². The van der Waals surface area contributed by atoms with Crippen molar-refractivity contribution in [2.45, 2.75) is 6.04 Å². The molecule has 0 saturated carbocycles. The Hall–Kier alpha value is -1.51. The number of fused-ring (bicyclic) bond motifs is 1. The van der Waals surface area contributed by atoms with E-state index in [9.17, 15) is 4.79 Å². The number of pyridine rings is 1. The average Bonchev–Trinajstić information content (AvgIpc) is 2.91. The zero-order valence-corrected chi connectivity index (χ0v) is 14.2. The van der Waals surface area contributed by atoms with E-state index < -0.39 is 0 Å². The molecule has 1 atom stereocenters. The normalized spacial score (nSPS) is 20.4. The van der Waals surface area contributed by atoms with E-state index in [1.54, 1.807) is 6.20 Å². The van der Waals surface area contributed by atoms with E-state index in [0.29, 0.717) is 23.9 Å². The fraction of sp³-hybridized carbons (Fsp3) is 0.500. The van der Waals surface area contributed by atoms with Crippen molar-refractivity contribution < 1.29 is 4.79 Å². The van der Waals surface area contributed by atoms with Gasteiger partial charge in [0.1, 0.15) is 5.69 Å². The second kappa shape index (κ2) is 6.31. The molecule has 2 aromatic heterocycles. The van der Waals surface area contributed by atoms with Crippen LogP contribution in [0.2, 0.25) is 0 Å². The fourth-order valence-corrected chi connectivity index (χ4v) is 3.00. The summed E-state index contributed by atoms with van der Waals surface area (Å²) < 4.78 is 0.823. The lowest BCUT2D eigenvalue weighted by Gasteiger charge is -2.37. The summed E-state index contributed by atoms with van der Waals surface area (Å²) in [4.78, 5) is 21.1. The van der Waals surface area contributed by atoms with Gasteiger partial charge in [0.05, 0.1) is 5.39 Å². The number of likely N-dealkylation sites (N-methyl/N-ethyl adjacent to an activating group) is 2. The van der Waals surface area contributed by atoms with Gasteiger partial charge >= 0.3 is 0 Å². The lowest BCUT2D eigenvalue weighted by atomic mass is 10.2. The van der Waals surface area contributed by atoms with Gasteiger partial charge in [0.15, 0.2) is 5.65 Å². The largest absolute Gasteiger partial charge is 0.349 e. The molecule has 0 spiro atoms. The van der Waals surface area contributed by atoms with Crippen LogP contribution in [0, 0.1) is 0 Å². The quantitative estimate of drug-likeness (QED) is 0.835. The molecule has 1 aliphatic rings. The molecule has 1 aliphatic heterocycles. The number of H-pyrrole nitrogens is 1. The fourth-order valence-electron chi connectivity index (χ4n) is 2.67. The maximum Gasteiger partial charge on any atom is 0.270 e. The monoisotopic (exact) mass is 366 g/mol. The van der Waals surface area contributed by atoms with E-state index in [2.05, 4.69) is 60.3 Å². The molecule has 8 heteroatoms. The molecule has 0 bridgehead atoms. The number of rotatable bonds is 3. The van der Waals surface area contributed by atoms with Crippen LogP contribution in [0.3, 0.4) is 0 Å². The zero-order chi connectivity index (χ0) is 15.7. The van der Waals surface area contributed by atoms with Crippen molar-refractivity contribution in [3.05, 3.63) is 22.4 Å². The molecule has 2 aromatic rings. The topological polar surface area (TPSA) is 77.1 Å². The van der Waals surface area contributed by atoms with Crippen molar-refractivity contribution in [2.24, 2.45) is 0 Å². The predicted octanol–water partition coefficient (Wildman–Crippen LogP) is 0.696. The van der Waals surface area contributed by atoms with Gasteiger partial charge in [0.25, 0.3) is 5.91 Å². The first-order valence-electron chi connectivity index (χ1n) is 7.21. The zero-order valence-electron chi connectivity index (χ0n) is 12.6. The third-order valence-electron chi connectivity index (χ3n) is 4.08. The second-order valence-electron chi connectivity index (χ2n) is 5.73. The van der Waals surface area contributed by atoms with Gasteiger partial charge in [-0.3, -0.25) is 14.8 Å². The van der Waals surface area contributed by atoms with E-state index >= 15 is 0 Å². The van der Waals surface area contributed by atoms with Crippen LogP contribution in [0.1, 0.15) is 10.5 Å². The maximum absolute atomic E-state index is 12.4. The van der Waals surface area contributed by atoms with Gasteiger partial charge in [-0.1, -0.05) is 0 Å². The highest BCUT2D eigenvalue weighted by molar-refractivity contribution is 9.10. The minimum Gasteiger partial charge on any atom is -0.349 e. The Morgan fingerprint density at radius 2 is 2.32 bits per heavy atom. The van der Waals surface area contributed by atoms with Crippen molar-refractivity contribution in [3.63, 3.8) is 0 Å². The number of nitrogens with one attached hydrogen (secondary N) is 2. The van der Waals surface area contributed by atoms with Crippen molar-refractivity contribution >= 4 is 32.9 Å². The highest BCUT2D eigenvalue weighted by atomic mass is 79.9. The molecular weight excluding hydrogens is 348 g/mol. The van der Waals surface area contributed by atoms with E-state index in [-0.39, 0.29) is 5.91 Å². The molecule has 3 rings (SSSR count). The number of halogens is 1. The molecule has 7 nitrogen and oxygen atoms in total. The summed E-state index contributed by atoms with van der Waals surface area (Å²) in [6.45, 7) is 3.64. The van der Waals surface area contributed by atoms with Gasteiger partial charge in [-0.25, -0.2) is 4.98 Å². The molecule has 0 aromatic carbocycles. The lowest BCUT2D eigenvalue weighted by Crippen LogP contribution is -2.54. The van der Waals surface area contributed by atoms with E-state index in [0.717, 1.165) is 29.5 Å². The summed E-state index contributed by atoms with van der Waals surface area (Å²) in [6, 6.07) is 2.17. The van der Waals surface area contributed by atoms with Gasteiger partial charge < -0.3 is 10.2 Å². The first-order valence-corrected chi connectivity index (χ1v) is 8.00. The molecule has 3 heterocycles. The lowest BCUT2D eigenvalue weighted by molar-refractivity contribution is 0.0878. The van der Waals surface area contributed by atoms with Gasteiger partial charge in [-0.05, 0) is 36.1 Å². The minimum absolute atomic E-state index is 0.149. The molecule has 1 saturated heterocycles. The van der Waals surface area contributed by atoms with E-state index in [4.69, 9.17) is 0 Å². The molecule has 22 heavy (non-hydrogen) atoms. The number of carbonyl (C=O) groups excluding carboxylic acids is 1. The summed E-state index contributed by atoms with van der Waals surface area (Å²) in [6.07, 6.45) is 1.66. The van der Waals surface area contributed by atoms with Crippen LogP contribution in [0.15, 0.2) is 16.7 Å². The first kappa shape index (κ1) is 15.4. The Morgan fingerprint density at radius 1 is 1.50 bits per heavy atom. The molecule has 0 radical (unpaired) electrons. The first-order chi connectivity index (χ1) is 10.5. The summed E-state index contributed by atoms with van der Waals surface area (Å²) in [5.74, 6) is -0.149. The van der Waals surface area contributed by atoms with Gasteiger partial charge in [0, 0.05) is 42.9 Å². The van der Waals surface area contributed by atoms with Crippen molar-refractivity contribution in [1.82, 2.24) is 30.3 Å². The van der Waals surface area contributed by atoms with Crippen LogP contribution in [-0.4, -0.2) is 77.2 Å². The average molecular weight is 367 g/mol. The number of piperazine rings is 1. The number of carbonyl (C=O) groups is 1. The number of hydrogen-bond acceptors (Lipinski definition) is 5. The van der Waals surface area contributed by atoms with Crippen LogP contribution in [0.25, 0.3) is 11.0 Å². The SMILES string of the molecule is CN1CCN(C)C(CNC(=O)c2[nH]nc3ncc(Br)cc23)C1. The Kier molecular flexibility index (Phi) is 4.42. The van der Waals surface area contributed by atoms with Crippen molar-refractivity contribution in [2.75, 3.05) is 40.3 Å². The van der Waals surface area contributed by atoms with Crippen LogP contribution >= 0.6 is 15.9 Å². The summed E-state index contributed by atoms with van der Waals surface area (Å²) in [5, 5.41) is 10.6. The van der Waals surface area contributed by atoms with Crippen LogP contribution in [0.4, 0.5) is 0 Å². The summed E-state index contributed by atoms with van der Waals surface area (Å²) >= 11 is 3.37. The second-order valence-corrected chi connectivity index (χ2v) is 6.65. The Bertz CT molecular complexity index is 687. The molecule has 1 unspecified atom stereocenters. The van der Waals surface area contributed by atoms with E-state index in [1.165, 1.54) is 0 Å². The van der Waals surface area contributed by atoms with Crippen molar-refractivity contribution in [1.29, 1.82) is 0 Å². The van der Waals surface area contributed by atoms with Gasteiger partial charge in [-0.2, -0.15) is 5.10 Å². The number of amides is 1. The number of nitrogens with zero attached hydrogens (tertiary/aromatic N) is 4. The number of aromatic nitrogens is 3.